The van der Waals surface area contributed by atoms with Crippen LogP contribution in [0.1, 0.15) is 11.3 Å². The first kappa shape index (κ1) is 13.4. The van der Waals surface area contributed by atoms with Crippen molar-refractivity contribution in [1.29, 1.82) is 0 Å². The molecule has 3 N–H and O–H groups in total. The highest BCUT2D eigenvalue weighted by molar-refractivity contribution is 7.91. The van der Waals surface area contributed by atoms with Crippen LogP contribution in [0.15, 0.2) is 42.6 Å². The first-order valence-corrected chi connectivity index (χ1v) is 7.38. The van der Waals surface area contributed by atoms with Crippen LogP contribution in [0.4, 0.5) is 11.4 Å². The molecule has 2 aromatic rings. The lowest BCUT2D eigenvalue weighted by molar-refractivity contribution is 0.600. The van der Waals surface area contributed by atoms with Crippen LogP contribution in [0.2, 0.25) is 0 Å². The summed E-state index contributed by atoms with van der Waals surface area (Å²) in [6.07, 6.45) is 1.49. The lowest BCUT2D eigenvalue weighted by Crippen LogP contribution is -2.16. The molecule has 1 heterocycles. The van der Waals surface area contributed by atoms with Gasteiger partial charge in [0.1, 0.15) is 0 Å². The van der Waals surface area contributed by atoms with Crippen LogP contribution in [-0.2, 0) is 15.8 Å². The predicted octanol–water partition coefficient (Wildman–Crippen LogP) is 1.91. The zero-order valence-electron chi connectivity index (χ0n) is 10.5. The highest BCUT2D eigenvalue weighted by Crippen LogP contribution is 2.16. The van der Waals surface area contributed by atoms with Crippen LogP contribution in [-0.4, -0.2) is 13.4 Å². The number of aromatic nitrogens is 1. The SMILES string of the molecule is Cc1ccc(NS(=O)(=O)Cc2ccccc2N)cn1. The van der Waals surface area contributed by atoms with Crippen LogP contribution in [0.25, 0.3) is 0 Å². The maximum absolute atomic E-state index is 12.0. The van der Waals surface area contributed by atoms with E-state index >= 15 is 0 Å². The minimum atomic E-state index is -3.49. The van der Waals surface area contributed by atoms with Crippen molar-refractivity contribution in [3.63, 3.8) is 0 Å². The lowest BCUT2D eigenvalue weighted by atomic mass is 10.2. The number of hydrogen-bond donors (Lipinski definition) is 2. The summed E-state index contributed by atoms with van der Waals surface area (Å²) >= 11 is 0. The number of hydrogen-bond acceptors (Lipinski definition) is 4. The van der Waals surface area contributed by atoms with E-state index in [1.54, 1.807) is 36.4 Å². The molecule has 0 fully saturated rings. The molecule has 1 aromatic carbocycles. The third-order valence-electron chi connectivity index (χ3n) is 2.59. The van der Waals surface area contributed by atoms with Gasteiger partial charge in [-0.15, -0.1) is 0 Å². The molecule has 0 atom stereocenters. The number of sulfonamides is 1. The molecule has 1 aromatic heterocycles. The molecule has 0 spiro atoms. The highest BCUT2D eigenvalue weighted by Gasteiger charge is 2.13. The molecule has 0 radical (unpaired) electrons. The molecule has 100 valence electrons. The molecule has 0 aliphatic carbocycles. The second-order valence-electron chi connectivity index (χ2n) is 4.25. The number of para-hydroxylation sites is 1. The monoisotopic (exact) mass is 277 g/mol. The summed E-state index contributed by atoms with van der Waals surface area (Å²) in [7, 11) is -3.49. The van der Waals surface area contributed by atoms with Crippen molar-refractivity contribution in [2.45, 2.75) is 12.7 Å². The molecule has 19 heavy (non-hydrogen) atoms. The minimum Gasteiger partial charge on any atom is -0.398 e. The fourth-order valence-electron chi connectivity index (χ4n) is 1.61. The summed E-state index contributed by atoms with van der Waals surface area (Å²) in [6, 6.07) is 10.3. The molecule has 0 aliphatic heterocycles. The van der Waals surface area contributed by atoms with Crippen molar-refractivity contribution in [2.75, 3.05) is 10.5 Å². The van der Waals surface area contributed by atoms with E-state index in [-0.39, 0.29) is 5.75 Å². The van der Waals surface area contributed by atoms with E-state index in [1.807, 2.05) is 6.92 Å². The van der Waals surface area contributed by atoms with Gasteiger partial charge in [0, 0.05) is 11.4 Å². The number of rotatable bonds is 4. The Labute approximate surface area is 112 Å². The van der Waals surface area contributed by atoms with Gasteiger partial charge in [-0.25, -0.2) is 8.42 Å². The maximum Gasteiger partial charge on any atom is 0.237 e. The van der Waals surface area contributed by atoms with Gasteiger partial charge in [0.05, 0.1) is 17.6 Å². The standard InChI is InChI=1S/C13H15N3O2S/c1-10-6-7-12(8-15-10)16-19(17,18)9-11-4-2-3-5-13(11)14/h2-8,16H,9,14H2,1H3. The Kier molecular flexibility index (Phi) is 3.71. The van der Waals surface area contributed by atoms with E-state index in [0.717, 1.165) is 5.69 Å². The van der Waals surface area contributed by atoms with Crippen LogP contribution in [0.3, 0.4) is 0 Å². The largest absolute Gasteiger partial charge is 0.398 e. The van der Waals surface area contributed by atoms with E-state index in [0.29, 0.717) is 16.9 Å². The van der Waals surface area contributed by atoms with Gasteiger partial charge in [-0.2, -0.15) is 0 Å². The van der Waals surface area contributed by atoms with Gasteiger partial charge < -0.3 is 5.73 Å². The molecule has 0 aliphatic rings. The lowest BCUT2D eigenvalue weighted by Gasteiger charge is -2.09. The fraction of sp³-hybridized carbons (Fsp3) is 0.154. The van der Waals surface area contributed by atoms with Crippen LogP contribution < -0.4 is 10.5 Å². The Morgan fingerprint density at radius 1 is 1.21 bits per heavy atom. The molecule has 5 nitrogen and oxygen atoms in total. The van der Waals surface area contributed by atoms with Crippen molar-refractivity contribution in [3.8, 4) is 0 Å². The van der Waals surface area contributed by atoms with E-state index in [2.05, 4.69) is 9.71 Å². The van der Waals surface area contributed by atoms with E-state index in [4.69, 9.17) is 5.73 Å². The molecule has 0 unspecified atom stereocenters. The minimum absolute atomic E-state index is 0.159. The first-order valence-electron chi connectivity index (χ1n) is 5.73. The molecule has 0 amide bonds. The number of nitrogen functional groups attached to an aromatic ring is 1. The van der Waals surface area contributed by atoms with Crippen molar-refractivity contribution in [3.05, 3.63) is 53.9 Å². The first-order chi connectivity index (χ1) is 8.96. The fourth-order valence-corrected chi connectivity index (χ4v) is 2.84. The van der Waals surface area contributed by atoms with Crippen LogP contribution in [0, 0.1) is 6.92 Å². The highest BCUT2D eigenvalue weighted by atomic mass is 32.2. The molecule has 0 bridgehead atoms. The summed E-state index contributed by atoms with van der Waals surface area (Å²) in [5.41, 5.74) is 8.06. The molecule has 0 saturated carbocycles. The van der Waals surface area contributed by atoms with Crippen LogP contribution >= 0.6 is 0 Å². The number of pyridine rings is 1. The molecule has 6 heteroatoms. The quantitative estimate of drug-likeness (QED) is 0.836. The molecular weight excluding hydrogens is 262 g/mol. The van der Waals surface area contributed by atoms with Gasteiger partial charge in [-0.1, -0.05) is 18.2 Å². The van der Waals surface area contributed by atoms with Crippen LogP contribution in [0.5, 0.6) is 0 Å². The Morgan fingerprint density at radius 2 is 1.95 bits per heavy atom. The molecule has 0 saturated heterocycles. The third-order valence-corrected chi connectivity index (χ3v) is 3.82. The van der Waals surface area contributed by atoms with E-state index in [9.17, 15) is 8.42 Å². The van der Waals surface area contributed by atoms with Gasteiger partial charge in [-0.3, -0.25) is 9.71 Å². The second-order valence-corrected chi connectivity index (χ2v) is 5.97. The van der Waals surface area contributed by atoms with Crippen molar-refractivity contribution in [1.82, 2.24) is 4.98 Å². The average Bonchev–Trinajstić information content (AvgIpc) is 2.35. The summed E-state index contributed by atoms with van der Waals surface area (Å²) in [6.45, 7) is 1.84. The number of nitrogens with two attached hydrogens (primary N) is 1. The van der Waals surface area contributed by atoms with Gasteiger partial charge >= 0.3 is 0 Å². The Bertz CT molecular complexity index is 667. The third kappa shape index (κ3) is 3.69. The molecule has 2 rings (SSSR count). The summed E-state index contributed by atoms with van der Waals surface area (Å²) in [5.74, 6) is -0.159. The van der Waals surface area contributed by atoms with Crippen molar-refractivity contribution in [2.24, 2.45) is 0 Å². The average molecular weight is 277 g/mol. The maximum atomic E-state index is 12.0. The zero-order valence-corrected chi connectivity index (χ0v) is 11.3. The number of nitrogens with one attached hydrogen (secondary N) is 1. The normalized spacial score (nSPS) is 11.2. The number of benzene rings is 1. The number of aryl methyl sites for hydroxylation is 1. The van der Waals surface area contributed by atoms with E-state index in [1.165, 1.54) is 6.20 Å². The molecular formula is C13H15N3O2S. The van der Waals surface area contributed by atoms with Crippen molar-refractivity contribution < 1.29 is 8.42 Å². The Balaban J connectivity index is 2.15. The zero-order chi connectivity index (χ0) is 13.9. The van der Waals surface area contributed by atoms with Gasteiger partial charge in [0.15, 0.2) is 0 Å². The second kappa shape index (κ2) is 5.27. The number of nitrogens with zero attached hydrogens (tertiary/aromatic N) is 1. The topological polar surface area (TPSA) is 85.1 Å². The smallest absolute Gasteiger partial charge is 0.237 e. The van der Waals surface area contributed by atoms with Gasteiger partial charge in [-0.05, 0) is 30.7 Å². The van der Waals surface area contributed by atoms with Crippen molar-refractivity contribution >= 4 is 21.4 Å². The van der Waals surface area contributed by atoms with E-state index < -0.39 is 10.0 Å². The summed E-state index contributed by atoms with van der Waals surface area (Å²) in [5, 5.41) is 0. The predicted molar refractivity (Wildman–Crippen MR) is 76.1 cm³/mol. The van der Waals surface area contributed by atoms with Gasteiger partial charge in [0.25, 0.3) is 0 Å². The Hall–Kier alpha value is -2.08. The summed E-state index contributed by atoms with van der Waals surface area (Å²) in [4.78, 5) is 4.04. The van der Waals surface area contributed by atoms with Gasteiger partial charge in [0.2, 0.25) is 10.0 Å². The number of anilines is 2. The Morgan fingerprint density at radius 3 is 2.58 bits per heavy atom. The summed E-state index contributed by atoms with van der Waals surface area (Å²) < 4.78 is 26.5.